The monoisotopic (exact) mass is 244 g/mol. The second kappa shape index (κ2) is 3.65. The van der Waals surface area contributed by atoms with Crippen LogP contribution in [0, 0.1) is 0 Å². The molecule has 3 aliphatic heterocycles. The first kappa shape index (κ1) is 11.9. The predicted molar refractivity (Wildman–Crippen MR) is 58.2 cm³/mol. The van der Waals surface area contributed by atoms with Gasteiger partial charge in [-0.3, -0.25) is 0 Å². The lowest BCUT2D eigenvalue weighted by molar-refractivity contribution is -0.220. The molecule has 0 spiro atoms. The number of hydrogen-bond donors (Lipinski definition) is 0. The lowest BCUT2D eigenvalue weighted by Gasteiger charge is -2.23. The summed E-state index contributed by atoms with van der Waals surface area (Å²) in [7, 11) is 0. The largest absolute Gasteiger partial charge is 0.348 e. The van der Waals surface area contributed by atoms with Crippen LogP contribution in [0.25, 0.3) is 0 Å². The van der Waals surface area contributed by atoms with E-state index in [0.717, 1.165) is 6.42 Å². The first-order chi connectivity index (χ1) is 7.85. The SMILES string of the molecule is CC1(C)O[C@@H]2O[C@H]([C@H]3COC(C)(C)O3)C[C@H]2O1. The molecule has 98 valence electrons. The van der Waals surface area contributed by atoms with Crippen molar-refractivity contribution in [3.63, 3.8) is 0 Å². The summed E-state index contributed by atoms with van der Waals surface area (Å²) < 4.78 is 28.6. The highest BCUT2D eigenvalue weighted by Crippen LogP contribution is 2.40. The van der Waals surface area contributed by atoms with Crippen molar-refractivity contribution in [1.29, 1.82) is 0 Å². The summed E-state index contributed by atoms with van der Waals surface area (Å²) in [5.74, 6) is -1.04. The van der Waals surface area contributed by atoms with Crippen LogP contribution in [0.2, 0.25) is 0 Å². The standard InChI is InChI=1S/C12H20O5/c1-11(2)13-6-9(16-11)7-5-8-10(14-7)17-12(3,4)15-8/h7-10H,5-6H2,1-4H3/t7-,8+,9+,10-/m0/s1. The minimum atomic E-state index is -0.535. The highest BCUT2D eigenvalue weighted by atomic mass is 16.8. The molecule has 3 rings (SSSR count). The Morgan fingerprint density at radius 3 is 2.12 bits per heavy atom. The maximum atomic E-state index is 5.85. The average Bonchev–Trinajstić information content (AvgIpc) is 2.75. The van der Waals surface area contributed by atoms with E-state index in [0.29, 0.717) is 6.61 Å². The van der Waals surface area contributed by atoms with Gasteiger partial charge in [-0.1, -0.05) is 0 Å². The summed E-state index contributed by atoms with van der Waals surface area (Å²) in [5, 5.41) is 0. The van der Waals surface area contributed by atoms with Crippen molar-refractivity contribution in [3.05, 3.63) is 0 Å². The molecule has 17 heavy (non-hydrogen) atoms. The van der Waals surface area contributed by atoms with Crippen LogP contribution in [0.3, 0.4) is 0 Å². The van der Waals surface area contributed by atoms with Crippen molar-refractivity contribution in [2.24, 2.45) is 0 Å². The van der Waals surface area contributed by atoms with Crippen LogP contribution in [0.15, 0.2) is 0 Å². The Labute approximate surface area is 101 Å². The number of ether oxygens (including phenoxy) is 5. The molecular formula is C12H20O5. The molecular weight excluding hydrogens is 224 g/mol. The fourth-order valence-corrected chi connectivity index (χ4v) is 2.67. The molecule has 4 atom stereocenters. The van der Waals surface area contributed by atoms with E-state index in [1.54, 1.807) is 0 Å². The number of rotatable bonds is 1. The molecule has 0 N–H and O–H groups in total. The lowest BCUT2D eigenvalue weighted by Crippen LogP contribution is -2.33. The highest BCUT2D eigenvalue weighted by Gasteiger charge is 2.52. The zero-order chi connectivity index (χ0) is 12.3. The molecule has 3 aliphatic rings. The molecule has 0 amide bonds. The van der Waals surface area contributed by atoms with Gasteiger partial charge in [0.05, 0.1) is 12.7 Å². The zero-order valence-corrected chi connectivity index (χ0v) is 10.8. The van der Waals surface area contributed by atoms with E-state index in [9.17, 15) is 0 Å². The molecule has 5 heteroatoms. The predicted octanol–water partition coefficient (Wildman–Crippen LogP) is 1.40. The van der Waals surface area contributed by atoms with Crippen molar-refractivity contribution < 1.29 is 23.7 Å². The third-order valence-electron chi connectivity index (χ3n) is 3.36. The van der Waals surface area contributed by atoms with Gasteiger partial charge in [0.1, 0.15) is 12.2 Å². The van der Waals surface area contributed by atoms with Crippen LogP contribution in [0.4, 0.5) is 0 Å². The van der Waals surface area contributed by atoms with Gasteiger partial charge in [0, 0.05) is 6.42 Å². The quantitative estimate of drug-likeness (QED) is 0.697. The maximum Gasteiger partial charge on any atom is 0.187 e. The Kier molecular flexibility index (Phi) is 2.55. The van der Waals surface area contributed by atoms with Gasteiger partial charge in [0.2, 0.25) is 0 Å². The minimum absolute atomic E-state index is 0.00266. The normalized spacial score (nSPS) is 47.3. The van der Waals surface area contributed by atoms with E-state index in [1.807, 2.05) is 27.7 Å². The maximum absolute atomic E-state index is 5.85. The summed E-state index contributed by atoms with van der Waals surface area (Å²) in [6.45, 7) is 8.21. The molecule has 3 heterocycles. The number of fused-ring (bicyclic) bond motifs is 1. The van der Waals surface area contributed by atoms with E-state index < -0.39 is 11.6 Å². The topological polar surface area (TPSA) is 46.2 Å². The highest BCUT2D eigenvalue weighted by molar-refractivity contribution is 4.90. The van der Waals surface area contributed by atoms with Gasteiger partial charge in [-0.05, 0) is 27.7 Å². The van der Waals surface area contributed by atoms with E-state index in [4.69, 9.17) is 23.7 Å². The average molecular weight is 244 g/mol. The molecule has 0 radical (unpaired) electrons. The van der Waals surface area contributed by atoms with Crippen LogP contribution in [0.5, 0.6) is 0 Å². The van der Waals surface area contributed by atoms with Gasteiger partial charge >= 0.3 is 0 Å². The molecule has 0 unspecified atom stereocenters. The van der Waals surface area contributed by atoms with Crippen molar-refractivity contribution >= 4 is 0 Å². The fourth-order valence-electron chi connectivity index (χ4n) is 2.67. The van der Waals surface area contributed by atoms with E-state index >= 15 is 0 Å². The van der Waals surface area contributed by atoms with Gasteiger partial charge in [-0.15, -0.1) is 0 Å². The van der Waals surface area contributed by atoms with Gasteiger partial charge in [-0.2, -0.15) is 0 Å². The third-order valence-corrected chi connectivity index (χ3v) is 3.36. The Balaban J connectivity index is 1.60. The lowest BCUT2D eigenvalue weighted by atomic mass is 10.1. The van der Waals surface area contributed by atoms with Crippen LogP contribution in [0.1, 0.15) is 34.1 Å². The van der Waals surface area contributed by atoms with Gasteiger partial charge in [0.25, 0.3) is 0 Å². The molecule has 0 aromatic heterocycles. The Morgan fingerprint density at radius 2 is 1.53 bits per heavy atom. The van der Waals surface area contributed by atoms with E-state index in [1.165, 1.54) is 0 Å². The summed E-state index contributed by atoms with van der Waals surface area (Å²) in [6, 6.07) is 0. The van der Waals surface area contributed by atoms with E-state index in [2.05, 4.69) is 0 Å². The minimum Gasteiger partial charge on any atom is -0.348 e. The Morgan fingerprint density at radius 1 is 0.824 bits per heavy atom. The summed E-state index contributed by atoms with van der Waals surface area (Å²) in [4.78, 5) is 0. The summed E-state index contributed by atoms with van der Waals surface area (Å²) >= 11 is 0. The molecule has 5 nitrogen and oxygen atoms in total. The number of hydrogen-bond acceptors (Lipinski definition) is 5. The molecule has 0 saturated carbocycles. The molecule has 3 saturated heterocycles. The molecule has 0 aliphatic carbocycles. The summed E-state index contributed by atoms with van der Waals surface area (Å²) in [5.41, 5.74) is 0. The van der Waals surface area contributed by atoms with Crippen LogP contribution < -0.4 is 0 Å². The third kappa shape index (κ3) is 2.22. The van der Waals surface area contributed by atoms with Crippen molar-refractivity contribution in [1.82, 2.24) is 0 Å². The van der Waals surface area contributed by atoms with Gasteiger partial charge in [-0.25, -0.2) is 0 Å². The smallest absolute Gasteiger partial charge is 0.187 e. The van der Waals surface area contributed by atoms with Crippen LogP contribution >= 0.6 is 0 Å². The van der Waals surface area contributed by atoms with Crippen molar-refractivity contribution in [2.45, 2.75) is 70.3 Å². The second-order valence-electron chi connectivity index (χ2n) is 5.82. The Bertz CT molecular complexity index is 298. The first-order valence-corrected chi connectivity index (χ1v) is 6.18. The molecule has 0 bridgehead atoms. The van der Waals surface area contributed by atoms with Crippen molar-refractivity contribution in [3.8, 4) is 0 Å². The zero-order valence-electron chi connectivity index (χ0n) is 10.8. The fraction of sp³-hybridized carbons (Fsp3) is 1.00. The molecule has 0 aromatic carbocycles. The molecule has 0 aromatic rings. The molecule has 3 fully saturated rings. The first-order valence-electron chi connectivity index (χ1n) is 6.18. The van der Waals surface area contributed by atoms with Crippen LogP contribution in [-0.2, 0) is 23.7 Å². The van der Waals surface area contributed by atoms with Gasteiger partial charge in [0.15, 0.2) is 17.9 Å². The second-order valence-corrected chi connectivity index (χ2v) is 5.82. The summed E-state index contributed by atoms with van der Waals surface area (Å²) in [6.07, 6.45) is 0.538. The Hall–Kier alpha value is -0.200. The van der Waals surface area contributed by atoms with E-state index in [-0.39, 0.29) is 24.6 Å². The van der Waals surface area contributed by atoms with Gasteiger partial charge < -0.3 is 23.7 Å². The van der Waals surface area contributed by atoms with Crippen molar-refractivity contribution in [2.75, 3.05) is 6.61 Å². The van der Waals surface area contributed by atoms with Crippen LogP contribution in [-0.4, -0.2) is 42.8 Å².